The first kappa shape index (κ1) is 25.4. The van der Waals surface area contributed by atoms with Crippen LogP contribution in [0.1, 0.15) is 19.8 Å². The highest BCUT2D eigenvalue weighted by Crippen LogP contribution is 2.45. The van der Waals surface area contributed by atoms with Crippen LogP contribution in [0, 0.1) is 11.6 Å². The Morgan fingerprint density at radius 1 is 1.08 bits per heavy atom. The summed E-state index contributed by atoms with van der Waals surface area (Å²) in [7, 11) is 0. The van der Waals surface area contributed by atoms with Gasteiger partial charge in [0.05, 0.1) is 5.69 Å². The van der Waals surface area contributed by atoms with Crippen molar-refractivity contribution < 1.29 is 18.3 Å². The van der Waals surface area contributed by atoms with Gasteiger partial charge >= 0.3 is 6.03 Å². The van der Waals surface area contributed by atoms with E-state index in [9.17, 15) is 4.79 Å². The fraction of sp³-hybridized carbons (Fsp3) is 0.333. The van der Waals surface area contributed by atoms with Crippen LogP contribution in [-0.2, 0) is 4.74 Å². The molecule has 0 aliphatic carbocycles. The van der Waals surface area contributed by atoms with Crippen LogP contribution >= 0.6 is 11.6 Å². The van der Waals surface area contributed by atoms with Gasteiger partial charge in [-0.3, -0.25) is 9.80 Å². The normalized spacial score (nSPS) is 15.8. The maximum absolute atomic E-state index is 15.6. The zero-order valence-corrected chi connectivity index (χ0v) is 21.2. The summed E-state index contributed by atoms with van der Waals surface area (Å²) in [5.74, 6) is -1.32. The zero-order chi connectivity index (χ0) is 25.9. The third-order valence-corrected chi connectivity index (χ3v) is 6.86. The van der Waals surface area contributed by atoms with Crippen molar-refractivity contribution in [3.05, 3.63) is 65.3 Å². The zero-order valence-electron chi connectivity index (χ0n) is 20.4. The molecule has 1 saturated heterocycles. The molecule has 0 atom stereocenters. The summed E-state index contributed by atoms with van der Waals surface area (Å²) in [5, 5.41) is 6.83. The van der Waals surface area contributed by atoms with Crippen LogP contribution in [0.4, 0.5) is 36.5 Å². The highest BCUT2D eigenvalue weighted by Gasteiger charge is 2.36. The van der Waals surface area contributed by atoms with E-state index in [1.54, 1.807) is 31.3 Å². The summed E-state index contributed by atoms with van der Waals surface area (Å²) < 4.78 is 36.5. The van der Waals surface area contributed by atoms with Gasteiger partial charge in [-0.05, 0) is 56.2 Å². The first-order chi connectivity index (χ1) is 18.0. The standard InChI is InChI=1S/C27H28ClF2N5O2/c1-2-34-26-21(4-3-9-33-26)20-6-5-17(28)14-24(20)35(27(34)36)25-22(29)15-19(16-23(25)30)32-11-10-31-18-7-12-37-13-8-18/h3-6,9,14-16,18,31-32H,2,7-8,10-13H2,1H3. The number of carbonyl (C=O) groups is 1. The van der Waals surface area contributed by atoms with Gasteiger partial charge < -0.3 is 15.4 Å². The van der Waals surface area contributed by atoms with Crippen LogP contribution in [0.2, 0.25) is 5.02 Å². The lowest BCUT2D eigenvalue weighted by Crippen LogP contribution is -2.41. The molecular weight excluding hydrogens is 500 g/mol. The molecular formula is C27H28ClF2N5O2. The molecule has 2 amide bonds. The van der Waals surface area contributed by atoms with Crippen LogP contribution in [0.3, 0.4) is 0 Å². The summed E-state index contributed by atoms with van der Waals surface area (Å²) >= 11 is 6.28. The molecule has 3 aromatic rings. The number of hydrogen-bond donors (Lipinski definition) is 2. The van der Waals surface area contributed by atoms with Crippen molar-refractivity contribution in [3.8, 4) is 11.1 Å². The van der Waals surface area contributed by atoms with Gasteiger partial charge in [-0.1, -0.05) is 17.7 Å². The van der Waals surface area contributed by atoms with E-state index in [0.29, 0.717) is 46.8 Å². The fourth-order valence-electron chi connectivity index (χ4n) is 4.82. The second-order valence-electron chi connectivity index (χ2n) is 8.95. The Morgan fingerprint density at radius 3 is 2.57 bits per heavy atom. The number of halogens is 3. The monoisotopic (exact) mass is 527 g/mol. The predicted molar refractivity (Wildman–Crippen MR) is 142 cm³/mol. The summed E-state index contributed by atoms with van der Waals surface area (Å²) in [6.45, 7) is 4.64. The summed E-state index contributed by atoms with van der Waals surface area (Å²) in [6.07, 6.45) is 3.47. The van der Waals surface area contributed by atoms with E-state index in [1.807, 2.05) is 6.07 Å². The molecule has 1 aromatic heterocycles. The number of nitrogens with zero attached hydrogens (tertiary/aromatic N) is 3. The third-order valence-electron chi connectivity index (χ3n) is 6.62. The SMILES string of the molecule is CCN1C(=O)N(c2c(F)cc(NCCNC3CCOCC3)cc2F)c2cc(Cl)ccc2-c2cccnc21. The number of aromatic nitrogens is 1. The molecule has 5 rings (SSSR count). The smallest absolute Gasteiger partial charge is 0.334 e. The maximum Gasteiger partial charge on any atom is 0.334 e. The lowest BCUT2D eigenvalue weighted by atomic mass is 10.0. The fourth-order valence-corrected chi connectivity index (χ4v) is 4.99. The molecule has 10 heteroatoms. The predicted octanol–water partition coefficient (Wildman–Crippen LogP) is 5.96. The van der Waals surface area contributed by atoms with Crippen LogP contribution < -0.4 is 20.4 Å². The van der Waals surface area contributed by atoms with Gasteiger partial charge in [-0.2, -0.15) is 0 Å². The highest BCUT2D eigenvalue weighted by molar-refractivity contribution is 6.31. The van der Waals surface area contributed by atoms with Crippen molar-refractivity contribution in [1.82, 2.24) is 10.3 Å². The van der Waals surface area contributed by atoms with E-state index in [0.717, 1.165) is 31.0 Å². The molecule has 1 fully saturated rings. The minimum atomic E-state index is -0.867. The van der Waals surface area contributed by atoms with Gasteiger partial charge in [0.15, 0.2) is 11.6 Å². The number of ether oxygens (including phenoxy) is 1. The van der Waals surface area contributed by atoms with Crippen molar-refractivity contribution >= 4 is 40.5 Å². The summed E-state index contributed by atoms with van der Waals surface area (Å²) in [6, 6.07) is 10.7. The number of hydrogen-bond acceptors (Lipinski definition) is 5. The Bertz CT molecular complexity index is 1280. The van der Waals surface area contributed by atoms with Gasteiger partial charge in [0.25, 0.3) is 0 Å². The number of rotatable bonds is 7. The number of nitrogens with one attached hydrogen (secondary N) is 2. The highest BCUT2D eigenvalue weighted by atomic mass is 35.5. The lowest BCUT2D eigenvalue weighted by Gasteiger charge is -2.28. The number of anilines is 4. The average molecular weight is 528 g/mol. The number of carbonyl (C=O) groups excluding carboxylic acids is 1. The van der Waals surface area contributed by atoms with E-state index in [-0.39, 0.29) is 12.2 Å². The molecule has 0 bridgehead atoms. The van der Waals surface area contributed by atoms with Crippen molar-refractivity contribution in [3.63, 3.8) is 0 Å². The Balaban J connectivity index is 1.46. The Morgan fingerprint density at radius 2 is 1.84 bits per heavy atom. The van der Waals surface area contributed by atoms with E-state index in [4.69, 9.17) is 16.3 Å². The van der Waals surface area contributed by atoms with Crippen LogP contribution in [0.5, 0.6) is 0 Å². The first-order valence-electron chi connectivity index (χ1n) is 12.4. The second kappa shape index (κ2) is 11.0. The molecule has 2 aromatic carbocycles. The number of benzene rings is 2. The lowest BCUT2D eigenvalue weighted by molar-refractivity contribution is 0.0784. The molecule has 0 spiro atoms. The topological polar surface area (TPSA) is 69.7 Å². The molecule has 7 nitrogen and oxygen atoms in total. The minimum absolute atomic E-state index is 0.254. The number of urea groups is 1. The molecule has 37 heavy (non-hydrogen) atoms. The molecule has 0 unspecified atom stereocenters. The first-order valence-corrected chi connectivity index (χ1v) is 12.8. The Labute approximate surface area is 219 Å². The molecule has 3 heterocycles. The number of pyridine rings is 1. The largest absolute Gasteiger partial charge is 0.384 e. The van der Waals surface area contributed by atoms with E-state index in [2.05, 4.69) is 15.6 Å². The van der Waals surface area contributed by atoms with Gasteiger partial charge in [0.2, 0.25) is 0 Å². The summed E-state index contributed by atoms with van der Waals surface area (Å²) in [4.78, 5) is 20.6. The van der Waals surface area contributed by atoms with E-state index in [1.165, 1.54) is 23.1 Å². The van der Waals surface area contributed by atoms with E-state index >= 15 is 8.78 Å². The molecule has 2 N–H and O–H groups in total. The van der Waals surface area contributed by atoms with E-state index < -0.39 is 23.4 Å². The van der Waals surface area contributed by atoms with Gasteiger partial charge in [0, 0.05) is 66.9 Å². The summed E-state index contributed by atoms with van der Waals surface area (Å²) in [5.41, 5.74) is 1.37. The molecule has 2 aliphatic rings. The third kappa shape index (κ3) is 5.12. The van der Waals surface area contributed by atoms with Crippen molar-refractivity contribution in [2.45, 2.75) is 25.8 Å². The van der Waals surface area contributed by atoms with Crippen LogP contribution in [-0.4, -0.2) is 49.9 Å². The maximum atomic E-state index is 15.6. The quantitative estimate of drug-likeness (QED) is 0.371. The van der Waals surface area contributed by atoms with Crippen LogP contribution in [0.15, 0.2) is 48.7 Å². The molecule has 2 aliphatic heterocycles. The van der Waals surface area contributed by atoms with Gasteiger partial charge in [-0.15, -0.1) is 0 Å². The average Bonchev–Trinajstić information content (AvgIpc) is 2.99. The minimum Gasteiger partial charge on any atom is -0.384 e. The van der Waals surface area contributed by atoms with Crippen molar-refractivity contribution in [1.29, 1.82) is 0 Å². The van der Waals surface area contributed by atoms with Gasteiger partial charge in [-0.25, -0.2) is 18.6 Å². The number of fused-ring (bicyclic) bond motifs is 3. The van der Waals surface area contributed by atoms with Gasteiger partial charge in [0.1, 0.15) is 11.5 Å². The molecule has 194 valence electrons. The Kier molecular flexibility index (Phi) is 7.55. The Hall–Kier alpha value is -3.27. The molecule has 0 saturated carbocycles. The van der Waals surface area contributed by atoms with Crippen molar-refractivity contribution in [2.24, 2.45) is 0 Å². The van der Waals surface area contributed by atoms with Crippen molar-refractivity contribution in [2.75, 3.05) is 48.0 Å². The molecule has 0 radical (unpaired) electrons. The second-order valence-corrected chi connectivity index (χ2v) is 9.39. The number of amides is 2. The van der Waals surface area contributed by atoms with Crippen LogP contribution in [0.25, 0.3) is 11.1 Å².